The number of hydrogen-bond donors (Lipinski definition) is 1. The highest BCUT2D eigenvalue weighted by Crippen LogP contribution is 2.22. The Morgan fingerprint density at radius 2 is 1.95 bits per heavy atom. The maximum Gasteiger partial charge on any atom is 0.138 e. The molecule has 0 aromatic heterocycles. The first-order valence-corrected chi connectivity index (χ1v) is 6.82. The van der Waals surface area contributed by atoms with E-state index in [9.17, 15) is 0 Å². The van der Waals surface area contributed by atoms with Gasteiger partial charge >= 0.3 is 0 Å². The molecule has 0 saturated heterocycles. The summed E-state index contributed by atoms with van der Waals surface area (Å²) in [6.07, 6.45) is 4.41. The van der Waals surface area contributed by atoms with Gasteiger partial charge in [-0.3, -0.25) is 0 Å². The van der Waals surface area contributed by atoms with Gasteiger partial charge < -0.3 is 9.84 Å². The van der Waals surface area contributed by atoms with Crippen molar-refractivity contribution >= 4 is 6.08 Å². The normalized spacial score (nSPS) is 10.5. The molecule has 0 unspecified atom stereocenters. The Morgan fingerprint density at radius 1 is 1.14 bits per heavy atom. The molecule has 0 amide bonds. The second kappa shape index (κ2) is 7.88. The largest absolute Gasteiger partial charge is 0.488 e. The van der Waals surface area contributed by atoms with Crippen molar-refractivity contribution in [1.82, 2.24) is 0 Å². The summed E-state index contributed by atoms with van der Waals surface area (Å²) >= 11 is 0. The van der Waals surface area contributed by atoms with Crippen LogP contribution in [-0.4, -0.2) is 11.7 Å². The van der Waals surface area contributed by atoms with Crippen LogP contribution in [0.1, 0.15) is 23.1 Å². The van der Waals surface area contributed by atoms with Gasteiger partial charge in [-0.05, 0) is 29.7 Å². The van der Waals surface area contributed by atoms with Crippen molar-refractivity contribution in [2.45, 2.75) is 13.0 Å². The van der Waals surface area contributed by atoms with Crippen molar-refractivity contribution < 1.29 is 9.84 Å². The maximum absolute atomic E-state index is 9.14. The molecule has 0 aliphatic carbocycles. The van der Waals surface area contributed by atoms with Crippen LogP contribution in [0, 0.1) is 11.3 Å². The van der Waals surface area contributed by atoms with Crippen molar-refractivity contribution in [1.29, 1.82) is 5.26 Å². The van der Waals surface area contributed by atoms with E-state index in [0.29, 0.717) is 24.3 Å². The molecule has 3 nitrogen and oxygen atoms in total. The van der Waals surface area contributed by atoms with Crippen molar-refractivity contribution in [2.24, 2.45) is 0 Å². The van der Waals surface area contributed by atoms with E-state index in [2.05, 4.69) is 6.07 Å². The number of rotatable bonds is 6. The summed E-state index contributed by atoms with van der Waals surface area (Å²) in [6, 6.07) is 17.4. The molecule has 106 valence electrons. The third-order valence-corrected chi connectivity index (χ3v) is 2.97. The summed E-state index contributed by atoms with van der Waals surface area (Å²) < 4.78 is 5.76. The van der Waals surface area contributed by atoms with E-state index in [1.807, 2.05) is 54.6 Å². The van der Waals surface area contributed by atoms with Crippen LogP contribution < -0.4 is 4.74 Å². The topological polar surface area (TPSA) is 53.2 Å². The lowest BCUT2D eigenvalue weighted by Gasteiger charge is -2.09. The number of aliphatic hydroxyl groups excluding tert-OH is 1. The van der Waals surface area contributed by atoms with Gasteiger partial charge in [0.2, 0.25) is 0 Å². The molecular weight excluding hydrogens is 262 g/mol. The predicted octanol–water partition coefficient (Wildman–Crippen LogP) is 3.53. The van der Waals surface area contributed by atoms with Gasteiger partial charge in [-0.2, -0.15) is 5.26 Å². The van der Waals surface area contributed by atoms with Crippen LogP contribution in [0.5, 0.6) is 5.75 Å². The van der Waals surface area contributed by atoms with Gasteiger partial charge in [0.05, 0.1) is 5.56 Å². The number of aliphatic hydroxyl groups is 1. The van der Waals surface area contributed by atoms with Crippen molar-refractivity contribution in [3.05, 3.63) is 71.3 Å². The monoisotopic (exact) mass is 279 g/mol. The smallest absolute Gasteiger partial charge is 0.138 e. The number of ether oxygens (including phenoxy) is 1. The molecule has 0 spiro atoms. The standard InChI is InChI=1S/C18H17NO2/c19-13-17-10-9-15(6-4-5-11-20)12-18(17)21-14-16-7-2-1-3-8-16/h1-4,6-10,12,20H,5,11,14H2. The van der Waals surface area contributed by atoms with Crippen molar-refractivity contribution in [3.8, 4) is 11.8 Å². The van der Waals surface area contributed by atoms with Gasteiger partial charge in [0.25, 0.3) is 0 Å². The molecule has 2 aromatic rings. The summed E-state index contributed by atoms with van der Waals surface area (Å²) in [7, 11) is 0. The van der Waals surface area contributed by atoms with E-state index in [0.717, 1.165) is 11.1 Å². The van der Waals surface area contributed by atoms with Gasteiger partial charge in [-0.1, -0.05) is 48.6 Å². The highest BCUT2D eigenvalue weighted by molar-refractivity contribution is 5.56. The van der Waals surface area contributed by atoms with Crippen LogP contribution in [0.4, 0.5) is 0 Å². The van der Waals surface area contributed by atoms with E-state index in [1.54, 1.807) is 6.07 Å². The first-order valence-electron chi connectivity index (χ1n) is 6.82. The lowest BCUT2D eigenvalue weighted by atomic mass is 10.1. The van der Waals surface area contributed by atoms with Gasteiger partial charge in [0.1, 0.15) is 18.4 Å². The maximum atomic E-state index is 9.14. The lowest BCUT2D eigenvalue weighted by Crippen LogP contribution is -1.97. The average Bonchev–Trinajstić information content (AvgIpc) is 2.54. The van der Waals surface area contributed by atoms with E-state index in [4.69, 9.17) is 15.1 Å². The molecule has 0 bridgehead atoms. The number of benzene rings is 2. The minimum absolute atomic E-state index is 0.129. The van der Waals surface area contributed by atoms with E-state index < -0.39 is 0 Å². The minimum Gasteiger partial charge on any atom is -0.488 e. The van der Waals surface area contributed by atoms with Crippen LogP contribution in [-0.2, 0) is 6.61 Å². The number of nitrogens with zero attached hydrogens (tertiary/aromatic N) is 1. The van der Waals surface area contributed by atoms with Gasteiger partial charge in [0.15, 0.2) is 0 Å². The summed E-state index contributed by atoms with van der Waals surface area (Å²) in [5.41, 5.74) is 2.53. The van der Waals surface area contributed by atoms with Crippen LogP contribution in [0.2, 0.25) is 0 Å². The fourth-order valence-electron chi connectivity index (χ4n) is 1.88. The second-order valence-corrected chi connectivity index (χ2v) is 4.56. The van der Waals surface area contributed by atoms with Gasteiger partial charge in [0, 0.05) is 6.61 Å². The van der Waals surface area contributed by atoms with Gasteiger partial charge in [-0.15, -0.1) is 0 Å². The van der Waals surface area contributed by atoms with Crippen molar-refractivity contribution in [3.63, 3.8) is 0 Å². The zero-order chi connectivity index (χ0) is 14.9. The molecule has 1 N–H and O–H groups in total. The summed E-state index contributed by atoms with van der Waals surface area (Å²) in [6.45, 7) is 0.559. The van der Waals surface area contributed by atoms with Crippen LogP contribution in [0.3, 0.4) is 0 Å². The zero-order valence-corrected chi connectivity index (χ0v) is 11.7. The molecule has 0 radical (unpaired) electrons. The van der Waals surface area contributed by atoms with Crippen LogP contribution in [0.15, 0.2) is 54.6 Å². The first kappa shape index (κ1) is 14.8. The molecule has 2 rings (SSSR count). The highest BCUT2D eigenvalue weighted by atomic mass is 16.5. The van der Waals surface area contributed by atoms with E-state index in [1.165, 1.54) is 0 Å². The zero-order valence-electron chi connectivity index (χ0n) is 11.7. The summed E-state index contributed by atoms with van der Waals surface area (Å²) in [5.74, 6) is 0.576. The Bertz CT molecular complexity index is 642. The number of nitriles is 1. The second-order valence-electron chi connectivity index (χ2n) is 4.56. The van der Waals surface area contributed by atoms with Crippen molar-refractivity contribution in [2.75, 3.05) is 6.61 Å². The molecule has 0 fully saturated rings. The van der Waals surface area contributed by atoms with Crippen LogP contribution >= 0.6 is 0 Å². The summed E-state index contributed by atoms with van der Waals surface area (Å²) in [4.78, 5) is 0. The molecule has 0 aliphatic rings. The van der Waals surface area contributed by atoms with E-state index >= 15 is 0 Å². The van der Waals surface area contributed by atoms with Gasteiger partial charge in [-0.25, -0.2) is 0 Å². The Labute approximate surface area is 124 Å². The molecule has 0 saturated carbocycles. The fourth-order valence-corrected chi connectivity index (χ4v) is 1.88. The lowest BCUT2D eigenvalue weighted by molar-refractivity contribution is 0.303. The Hall–Kier alpha value is -2.57. The summed E-state index contributed by atoms with van der Waals surface area (Å²) in [5, 5.41) is 17.9. The molecule has 2 aromatic carbocycles. The Balaban J connectivity index is 2.12. The van der Waals surface area contributed by atoms with E-state index in [-0.39, 0.29) is 6.61 Å². The van der Waals surface area contributed by atoms with Crippen LogP contribution in [0.25, 0.3) is 6.08 Å². The number of hydrogen-bond acceptors (Lipinski definition) is 3. The Morgan fingerprint density at radius 3 is 2.67 bits per heavy atom. The average molecular weight is 279 g/mol. The third kappa shape index (κ3) is 4.48. The Kier molecular flexibility index (Phi) is 5.57. The molecule has 3 heteroatoms. The molecule has 0 heterocycles. The highest BCUT2D eigenvalue weighted by Gasteiger charge is 2.04. The fraction of sp³-hybridized carbons (Fsp3) is 0.167. The quantitative estimate of drug-likeness (QED) is 0.880. The SMILES string of the molecule is N#Cc1ccc(C=CCCO)cc1OCc1ccccc1. The molecule has 21 heavy (non-hydrogen) atoms. The minimum atomic E-state index is 0.129. The molecule has 0 atom stereocenters. The predicted molar refractivity (Wildman–Crippen MR) is 82.7 cm³/mol. The molecular formula is C18H17NO2. The molecule has 0 aliphatic heterocycles. The first-order chi connectivity index (χ1) is 10.3. The third-order valence-electron chi connectivity index (χ3n) is 2.97.